The van der Waals surface area contributed by atoms with Crippen molar-refractivity contribution in [3.8, 4) is 5.75 Å². The summed E-state index contributed by atoms with van der Waals surface area (Å²) >= 11 is 1.39. The van der Waals surface area contributed by atoms with E-state index in [2.05, 4.69) is 10.6 Å². The molecule has 0 fully saturated rings. The normalized spacial score (nSPS) is 13.1. The second-order valence-electron chi connectivity index (χ2n) is 16.6. The summed E-state index contributed by atoms with van der Waals surface area (Å²) < 4.78 is 15.5. The number of benzene rings is 4. The van der Waals surface area contributed by atoms with Crippen LogP contribution in [0, 0.1) is 0 Å². The van der Waals surface area contributed by atoms with Gasteiger partial charge in [0, 0.05) is 12.2 Å². The fourth-order valence-electron chi connectivity index (χ4n) is 6.50. The van der Waals surface area contributed by atoms with Crippen LogP contribution in [0.1, 0.15) is 76.6 Å². The van der Waals surface area contributed by atoms with E-state index in [1.807, 2.05) is 91.0 Å². The van der Waals surface area contributed by atoms with Gasteiger partial charge in [0.25, 0.3) is 0 Å². The van der Waals surface area contributed by atoms with E-state index in [0.29, 0.717) is 10.5 Å². The molecule has 4 aromatic rings. The number of nitrogens with two attached hydrogens (primary N) is 2. The van der Waals surface area contributed by atoms with Crippen molar-refractivity contribution in [2.24, 2.45) is 11.5 Å². The van der Waals surface area contributed by atoms with Crippen molar-refractivity contribution in [3.05, 3.63) is 138 Å². The maximum Gasteiger partial charge on any atom is 0.425 e. The summed E-state index contributed by atoms with van der Waals surface area (Å²) in [4.78, 5) is 80.3. The molecule has 336 valence electrons. The minimum atomic E-state index is -1.57. The molecule has 4 aromatic carbocycles. The van der Waals surface area contributed by atoms with Crippen molar-refractivity contribution >= 4 is 47.8 Å². The Balaban J connectivity index is 1.63. The summed E-state index contributed by atoms with van der Waals surface area (Å²) in [7, 11) is 0. The summed E-state index contributed by atoms with van der Waals surface area (Å²) in [6, 6.07) is 30.7. The zero-order valence-corrected chi connectivity index (χ0v) is 37.2. The van der Waals surface area contributed by atoms with E-state index in [-0.39, 0.29) is 37.3 Å². The van der Waals surface area contributed by atoms with E-state index in [4.69, 9.17) is 25.7 Å². The minimum absolute atomic E-state index is 0.0252. The van der Waals surface area contributed by atoms with Crippen LogP contribution in [-0.2, 0) is 35.0 Å². The van der Waals surface area contributed by atoms with E-state index in [0.717, 1.165) is 16.7 Å². The first-order valence-electron chi connectivity index (χ1n) is 20.4. The fourth-order valence-corrected chi connectivity index (χ4v) is 8.07. The van der Waals surface area contributed by atoms with E-state index < -0.39 is 70.1 Å². The third kappa shape index (κ3) is 14.3. The number of nitrogens with one attached hydrogen (secondary N) is 2. The molecule has 0 radical (unpaired) electrons. The third-order valence-corrected chi connectivity index (χ3v) is 10.9. The number of carbonyl (C=O) groups excluding carboxylic acids is 5. The number of thioether (sulfide) groups is 1. The summed E-state index contributed by atoms with van der Waals surface area (Å²) in [5.74, 6) is -3.12. The fraction of sp³-hybridized carbons (Fsp3) is 0.362. The van der Waals surface area contributed by atoms with E-state index >= 15 is 0 Å². The molecule has 0 aliphatic heterocycles. The molecule has 0 saturated carbocycles. The predicted molar refractivity (Wildman–Crippen MR) is 240 cm³/mol. The standard InChI is InChI=1S/C47H57N5O10S/c1-45(2,3)61-42(57)51-36(41(55)56)29-31-24-26-35(27-25-31)60-43(58)52(44(59)62-46(4,5)6)38(23-16-28-48)40(54)50-37(39(49)53)30-63-47(32-17-10-7-11-18-32,33-19-12-8-13-20-33)34-21-14-9-15-22-34/h7-15,17-22,24-27,36-38H,16,23,28-30,48H2,1-6H3,(H2,49,53)(H,50,54)(H,51,57)(H,55,56)/t36-,37-,38-/m0/s1. The number of amides is 5. The van der Waals surface area contributed by atoms with Crippen LogP contribution in [0.5, 0.6) is 5.75 Å². The van der Waals surface area contributed by atoms with Gasteiger partial charge in [0.05, 0.1) is 4.75 Å². The lowest BCUT2D eigenvalue weighted by Gasteiger charge is -2.36. The molecule has 0 aliphatic rings. The highest BCUT2D eigenvalue weighted by Crippen LogP contribution is 2.48. The Labute approximate surface area is 372 Å². The molecular formula is C47H57N5O10S. The van der Waals surface area contributed by atoms with Crippen LogP contribution in [0.2, 0.25) is 0 Å². The Bertz CT molecular complexity index is 2070. The largest absolute Gasteiger partial charge is 0.480 e. The molecular weight excluding hydrogens is 827 g/mol. The van der Waals surface area contributed by atoms with Crippen molar-refractivity contribution < 1.29 is 48.1 Å². The predicted octanol–water partition coefficient (Wildman–Crippen LogP) is 6.75. The van der Waals surface area contributed by atoms with Gasteiger partial charge >= 0.3 is 24.2 Å². The molecule has 0 aromatic heterocycles. The third-order valence-electron chi connectivity index (χ3n) is 9.31. The number of hydrogen-bond donors (Lipinski definition) is 5. The quantitative estimate of drug-likeness (QED) is 0.0654. The zero-order chi connectivity index (χ0) is 46.4. The maximum atomic E-state index is 14.4. The number of imide groups is 1. The Morgan fingerprint density at radius 2 is 1.17 bits per heavy atom. The molecule has 15 nitrogen and oxygen atoms in total. The van der Waals surface area contributed by atoms with Crippen molar-refractivity contribution in [3.63, 3.8) is 0 Å². The van der Waals surface area contributed by atoms with E-state index in [9.17, 15) is 33.9 Å². The molecule has 16 heteroatoms. The van der Waals surface area contributed by atoms with E-state index in [1.165, 1.54) is 36.0 Å². The van der Waals surface area contributed by atoms with Crippen LogP contribution < -0.4 is 26.8 Å². The summed E-state index contributed by atoms with van der Waals surface area (Å²) in [5, 5.41) is 14.8. The number of nitrogens with zero attached hydrogens (tertiary/aromatic N) is 1. The first-order valence-corrected chi connectivity index (χ1v) is 21.4. The molecule has 0 unspecified atom stereocenters. The Morgan fingerprint density at radius 3 is 1.60 bits per heavy atom. The lowest BCUT2D eigenvalue weighted by atomic mass is 9.84. The van der Waals surface area contributed by atoms with Crippen LogP contribution in [-0.4, -0.2) is 87.7 Å². The van der Waals surface area contributed by atoms with Crippen molar-refractivity contribution in [1.82, 2.24) is 15.5 Å². The Hall–Kier alpha value is -6.39. The number of alkyl carbamates (subject to hydrolysis) is 1. The number of primary amides is 1. The van der Waals surface area contributed by atoms with Gasteiger partial charge < -0.3 is 41.4 Å². The van der Waals surface area contributed by atoms with Gasteiger partial charge in [0.1, 0.15) is 35.1 Å². The van der Waals surface area contributed by atoms with Gasteiger partial charge in [-0.2, -0.15) is 4.90 Å². The highest BCUT2D eigenvalue weighted by molar-refractivity contribution is 8.00. The van der Waals surface area contributed by atoms with E-state index in [1.54, 1.807) is 41.5 Å². The molecule has 0 aliphatic carbocycles. The highest BCUT2D eigenvalue weighted by Gasteiger charge is 2.42. The second-order valence-corrected chi connectivity index (χ2v) is 17.8. The highest BCUT2D eigenvalue weighted by atomic mass is 32.2. The number of carboxylic acid groups (broad SMARTS) is 1. The van der Waals surface area contributed by atoms with Gasteiger partial charge in [-0.05, 0) is 95.3 Å². The molecule has 0 bridgehead atoms. The lowest BCUT2D eigenvalue weighted by molar-refractivity contribution is -0.139. The Morgan fingerprint density at radius 1 is 0.683 bits per heavy atom. The monoisotopic (exact) mass is 883 g/mol. The van der Waals surface area contributed by atoms with Crippen LogP contribution in [0.4, 0.5) is 14.4 Å². The summed E-state index contributed by atoms with van der Waals surface area (Å²) in [5.41, 5.74) is 13.1. The van der Waals surface area contributed by atoms with Crippen molar-refractivity contribution in [1.29, 1.82) is 0 Å². The smallest absolute Gasteiger partial charge is 0.425 e. The van der Waals surface area contributed by atoms with Gasteiger partial charge in [0.2, 0.25) is 11.8 Å². The van der Waals surface area contributed by atoms with Crippen molar-refractivity contribution in [2.45, 2.75) is 94.9 Å². The number of carbonyl (C=O) groups is 6. The first-order chi connectivity index (χ1) is 29.7. The second kappa shape index (κ2) is 22.1. The zero-order valence-electron chi connectivity index (χ0n) is 36.4. The average molecular weight is 884 g/mol. The molecule has 0 heterocycles. The number of ether oxygens (including phenoxy) is 3. The molecule has 3 atom stereocenters. The molecule has 4 rings (SSSR count). The van der Waals surface area contributed by atoms with Crippen molar-refractivity contribution in [2.75, 3.05) is 12.3 Å². The molecule has 5 amide bonds. The number of hydrogen-bond acceptors (Lipinski definition) is 11. The van der Waals surface area contributed by atoms with Crippen LogP contribution in [0.15, 0.2) is 115 Å². The van der Waals surface area contributed by atoms with Gasteiger partial charge in [-0.15, -0.1) is 11.8 Å². The molecule has 63 heavy (non-hydrogen) atoms. The van der Waals surface area contributed by atoms with Crippen LogP contribution >= 0.6 is 11.8 Å². The summed E-state index contributed by atoms with van der Waals surface area (Å²) in [6.07, 6.45) is -3.47. The lowest BCUT2D eigenvalue weighted by Crippen LogP contribution is -2.58. The number of aliphatic carboxylic acids is 1. The molecule has 0 spiro atoms. The SMILES string of the molecule is CC(C)(C)OC(=O)N[C@@H](Cc1ccc(OC(=O)N(C(=O)OC(C)(C)C)[C@@H](CCCN)C(=O)N[C@@H](CSC(c2ccccc2)(c2ccccc2)c2ccccc2)C(N)=O)cc1)C(=O)O. The van der Waals surface area contributed by atoms with Gasteiger partial charge in [-0.1, -0.05) is 103 Å². The topological polar surface area (TPSA) is 230 Å². The van der Waals surface area contributed by atoms with Gasteiger partial charge in [-0.25, -0.2) is 19.2 Å². The summed E-state index contributed by atoms with van der Waals surface area (Å²) in [6.45, 7) is 9.78. The average Bonchev–Trinajstić information content (AvgIpc) is 3.22. The maximum absolute atomic E-state index is 14.4. The Kier molecular flexibility index (Phi) is 17.3. The van der Waals surface area contributed by atoms with Gasteiger partial charge in [-0.3, -0.25) is 9.59 Å². The molecule has 0 saturated heterocycles. The van der Waals surface area contributed by atoms with Gasteiger partial charge in [0.15, 0.2) is 0 Å². The number of rotatable bonds is 18. The van der Waals surface area contributed by atoms with Crippen LogP contribution in [0.3, 0.4) is 0 Å². The molecule has 7 N–H and O–H groups in total. The van der Waals surface area contributed by atoms with Crippen LogP contribution in [0.25, 0.3) is 0 Å². The minimum Gasteiger partial charge on any atom is -0.480 e. The number of carboxylic acids is 1. The first kappa shape index (κ1) is 49.3.